The summed E-state index contributed by atoms with van der Waals surface area (Å²) >= 11 is 0. The van der Waals surface area contributed by atoms with Gasteiger partial charge in [-0.15, -0.1) is 0 Å². The molecule has 29 heavy (non-hydrogen) atoms. The maximum Gasteiger partial charge on any atom is 0.346 e. The highest BCUT2D eigenvalue weighted by atomic mass is 16.6. The molecule has 0 saturated carbocycles. The van der Waals surface area contributed by atoms with E-state index in [0.717, 1.165) is 5.56 Å². The molecule has 1 aliphatic rings. The Morgan fingerprint density at radius 1 is 1.10 bits per heavy atom. The van der Waals surface area contributed by atoms with Crippen molar-refractivity contribution < 1.29 is 23.8 Å². The predicted octanol–water partition coefficient (Wildman–Crippen LogP) is 4.85. The highest BCUT2D eigenvalue weighted by Crippen LogP contribution is 2.39. The number of fused-ring (bicyclic) bond motifs is 1. The van der Waals surface area contributed by atoms with Crippen LogP contribution in [0.15, 0.2) is 42.2 Å². The van der Waals surface area contributed by atoms with E-state index in [4.69, 9.17) is 9.47 Å². The summed E-state index contributed by atoms with van der Waals surface area (Å²) in [6.07, 6.45) is 0.983. The molecule has 1 atom stereocenters. The van der Waals surface area contributed by atoms with Gasteiger partial charge in [-0.25, -0.2) is 4.79 Å². The molecule has 1 aliphatic heterocycles. The topological polar surface area (TPSA) is 61.8 Å². The standard InChI is InChI=1S/C24H26O5/c1-14-19(28-15(2)23(26)27-6)12-11-18-21(25)20(29-22(14)18)13-16-7-9-17(10-8-16)24(3,4)5/h7-13,15H,1-6H3/b20-13-. The second kappa shape index (κ2) is 7.74. The van der Waals surface area contributed by atoms with E-state index in [9.17, 15) is 9.59 Å². The van der Waals surface area contributed by atoms with Crippen LogP contribution in [-0.2, 0) is 14.9 Å². The van der Waals surface area contributed by atoms with Crippen LogP contribution in [0, 0.1) is 6.92 Å². The van der Waals surface area contributed by atoms with Crippen LogP contribution in [0.5, 0.6) is 11.5 Å². The molecule has 2 aromatic carbocycles. The molecule has 0 aliphatic carbocycles. The number of carbonyl (C=O) groups is 2. The molecule has 0 radical (unpaired) electrons. The van der Waals surface area contributed by atoms with Gasteiger partial charge in [0.05, 0.1) is 12.7 Å². The van der Waals surface area contributed by atoms with Gasteiger partial charge in [-0.1, -0.05) is 45.0 Å². The molecule has 5 heteroatoms. The lowest BCUT2D eigenvalue weighted by Crippen LogP contribution is -2.25. The molecule has 5 nitrogen and oxygen atoms in total. The lowest BCUT2D eigenvalue weighted by molar-refractivity contribution is -0.147. The number of benzene rings is 2. The molecule has 0 N–H and O–H groups in total. The van der Waals surface area contributed by atoms with E-state index < -0.39 is 12.1 Å². The predicted molar refractivity (Wildman–Crippen MR) is 111 cm³/mol. The van der Waals surface area contributed by atoms with Crippen LogP contribution in [0.2, 0.25) is 0 Å². The first-order valence-electron chi connectivity index (χ1n) is 9.54. The first-order chi connectivity index (χ1) is 13.6. The van der Waals surface area contributed by atoms with Gasteiger partial charge in [0, 0.05) is 5.56 Å². The van der Waals surface area contributed by atoms with Crippen LogP contribution in [0.1, 0.15) is 54.7 Å². The van der Waals surface area contributed by atoms with E-state index in [1.54, 1.807) is 32.1 Å². The molecule has 2 aromatic rings. The van der Waals surface area contributed by atoms with Gasteiger partial charge in [0.2, 0.25) is 5.78 Å². The van der Waals surface area contributed by atoms with Crippen LogP contribution in [-0.4, -0.2) is 25.0 Å². The number of methoxy groups -OCH3 is 1. The van der Waals surface area contributed by atoms with Gasteiger partial charge in [0.15, 0.2) is 11.9 Å². The third-order valence-electron chi connectivity index (χ3n) is 4.95. The molecular weight excluding hydrogens is 368 g/mol. The average Bonchev–Trinajstić information content (AvgIpc) is 2.99. The van der Waals surface area contributed by atoms with Crippen LogP contribution < -0.4 is 9.47 Å². The van der Waals surface area contributed by atoms with Gasteiger partial charge in [-0.05, 0) is 48.6 Å². The Hall–Kier alpha value is -3.08. The normalized spacial score (nSPS) is 15.7. The molecule has 0 spiro atoms. The minimum atomic E-state index is -0.759. The summed E-state index contributed by atoms with van der Waals surface area (Å²) < 4.78 is 16.2. The lowest BCUT2D eigenvalue weighted by atomic mass is 9.86. The number of Topliss-reactive ketones (excluding diaryl/α,β-unsaturated/α-hetero) is 1. The summed E-state index contributed by atoms with van der Waals surface area (Å²) in [5.41, 5.74) is 3.33. The average molecular weight is 394 g/mol. The van der Waals surface area contributed by atoms with Gasteiger partial charge in [0.25, 0.3) is 0 Å². The van der Waals surface area contributed by atoms with E-state index in [-0.39, 0.29) is 17.0 Å². The monoisotopic (exact) mass is 394 g/mol. The van der Waals surface area contributed by atoms with Crippen LogP contribution in [0.25, 0.3) is 6.08 Å². The Kier molecular flexibility index (Phi) is 5.51. The second-order valence-electron chi connectivity index (χ2n) is 8.16. The summed E-state index contributed by atoms with van der Waals surface area (Å²) in [6.45, 7) is 9.88. The Balaban J connectivity index is 1.86. The maximum atomic E-state index is 12.8. The number of esters is 1. The van der Waals surface area contributed by atoms with Crippen molar-refractivity contribution in [3.8, 4) is 11.5 Å². The van der Waals surface area contributed by atoms with Crippen molar-refractivity contribution >= 4 is 17.8 Å². The third kappa shape index (κ3) is 4.19. The lowest BCUT2D eigenvalue weighted by Gasteiger charge is -2.18. The van der Waals surface area contributed by atoms with E-state index in [2.05, 4.69) is 37.6 Å². The van der Waals surface area contributed by atoms with Crippen molar-refractivity contribution in [2.24, 2.45) is 0 Å². The highest BCUT2D eigenvalue weighted by molar-refractivity contribution is 6.15. The smallest absolute Gasteiger partial charge is 0.346 e. The van der Waals surface area contributed by atoms with E-state index >= 15 is 0 Å². The van der Waals surface area contributed by atoms with E-state index in [1.165, 1.54) is 12.7 Å². The van der Waals surface area contributed by atoms with Gasteiger partial charge in [0.1, 0.15) is 11.5 Å². The van der Waals surface area contributed by atoms with Crippen molar-refractivity contribution in [1.82, 2.24) is 0 Å². The highest BCUT2D eigenvalue weighted by Gasteiger charge is 2.31. The van der Waals surface area contributed by atoms with Crippen molar-refractivity contribution in [2.75, 3.05) is 7.11 Å². The summed E-state index contributed by atoms with van der Waals surface area (Å²) in [5, 5.41) is 0. The number of hydrogen-bond acceptors (Lipinski definition) is 5. The summed E-state index contributed by atoms with van der Waals surface area (Å²) in [6, 6.07) is 11.4. The largest absolute Gasteiger partial charge is 0.479 e. The number of hydrogen-bond donors (Lipinski definition) is 0. The van der Waals surface area contributed by atoms with Crippen LogP contribution >= 0.6 is 0 Å². The Bertz CT molecular complexity index is 978. The summed E-state index contributed by atoms with van der Waals surface area (Å²) in [7, 11) is 1.31. The molecule has 152 valence electrons. The number of allylic oxidation sites excluding steroid dienone is 1. The number of ether oxygens (including phenoxy) is 3. The molecule has 0 bridgehead atoms. The minimum Gasteiger partial charge on any atom is -0.479 e. The van der Waals surface area contributed by atoms with Crippen molar-refractivity contribution in [2.45, 2.75) is 46.1 Å². The Morgan fingerprint density at radius 3 is 2.34 bits per heavy atom. The zero-order valence-corrected chi connectivity index (χ0v) is 17.7. The molecular formula is C24H26O5. The fraction of sp³-hybridized carbons (Fsp3) is 0.333. The van der Waals surface area contributed by atoms with Gasteiger partial charge in [-0.2, -0.15) is 0 Å². The van der Waals surface area contributed by atoms with Crippen LogP contribution in [0.3, 0.4) is 0 Å². The molecule has 0 amide bonds. The Labute approximate surface area is 171 Å². The Morgan fingerprint density at radius 2 is 1.76 bits per heavy atom. The van der Waals surface area contributed by atoms with Gasteiger partial charge >= 0.3 is 5.97 Å². The van der Waals surface area contributed by atoms with Gasteiger partial charge < -0.3 is 14.2 Å². The molecule has 0 fully saturated rings. The zero-order chi connectivity index (χ0) is 21.3. The van der Waals surface area contributed by atoms with Gasteiger partial charge in [-0.3, -0.25) is 4.79 Å². The SMILES string of the molecule is COC(=O)C(C)Oc1ccc2c(c1C)O/C(=C\c1ccc(C(C)(C)C)cc1)C2=O. The third-order valence-corrected chi connectivity index (χ3v) is 4.95. The van der Waals surface area contributed by atoms with Crippen molar-refractivity contribution in [3.05, 3.63) is 64.4 Å². The van der Waals surface area contributed by atoms with Crippen molar-refractivity contribution in [3.63, 3.8) is 0 Å². The minimum absolute atomic E-state index is 0.0659. The van der Waals surface area contributed by atoms with Crippen molar-refractivity contribution in [1.29, 1.82) is 0 Å². The first kappa shape index (κ1) is 20.6. The van der Waals surface area contributed by atoms with E-state index in [1.807, 2.05) is 12.1 Å². The quantitative estimate of drug-likeness (QED) is 0.548. The second-order valence-corrected chi connectivity index (χ2v) is 8.16. The van der Waals surface area contributed by atoms with E-state index in [0.29, 0.717) is 22.6 Å². The molecule has 0 saturated heterocycles. The zero-order valence-electron chi connectivity index (χ0n) is 17.7. The molecule has 1 heterocycles. The molecule has 3 rings (SSSR count). The fourth-order valence-electron chi connectivity index (χ4n) is 3.13. The molecule has 1 unspecified atom stereocenters. The number of carbonyl (C=O) groups excluding carboxylic acids is 2. The molecule has 0 aromatic heterocycles. The number of ketones is 1. The maximum absolute atomic E-state index is 12.8. The van der Waals surface area contributed by atoms with Crippen LogP contribution in [0.4, 0.5) is 0 Å². The summed E-state index contributed by atoms with van der Waals surface area (Å²) in [4.78, 5) is 24.4. The first-order valence-corrected chi connectivity index (χ1v) is 9.54. The number of rotatable bonds is 4. The fourth-order valence-corrected chi connectivity index (χ4v) is 3.13. The summed E-state index contributed by atoms with van der Waals surface area (Å²) in [5.74, 6) is 0.564.